The summed E-state index contributed by atoms with van der Waals surface area (Å²) in [6.45, 7) is 9.25. The van der Waals surface area contributed by atoms with Crippen LogP contribution in [-0.4, -0.2) is 51.2 Å². The van der Waals surface area contributed by atoms with E-state index >= 15 is 0 Å². The number of nitro groups is 1. The van der Waals surface area contributed by atoms with Crippen LogP contribution >= 0.6 is 0 Å². The monoisotopic (exact) mass is 346 g/mol. The Morgan fingerprint density at radius 1 is 1.40 bits per heavy atom. The summed E-state index contributed by atoms with van der Waals surface area (Å²) in [6.07, 6.45) is 1.30. The van der Waals surface area contributed by atoms with Crippen LogP contribution in [0.15, 0.2) is 18.3 Å². The van der Waals surface area contributed by atoms with Gasteiger partial charge in [-0.05, 0) is 42.7 Å². The first kappa shape index (κ1) is 16.1. The van der Waals surface area contributed by atoms with Crippen molar-refractivity contribution in [2.45, 2.75) is 44.9 Å². The average Bonchev–Trinajstić information content (AvgIpc) is 3.00. The fourth-order valence-electron chi connectivity index (χ4n) is 4.68. The molecule has 0 aromatic carbocycles. The van der Waals surface area contributed by atoms with E-state index in [4.69, 9.17) is 4.74 Å². The van der Waals surface area contributed by atoms with Crippen LogP contribution < -0.4 is 4.90 Å². The molecule has 0 radical (unpaired) electrons. The van der Waals surface area contributed by atoms with Gasteiger partial charge in [-0.1, -0.05) is 6.92 Å². The molecule has 4 atom stereocenters. The molecule has 8 nitrogen and oxygen atoms in total. The van der Waals surface area contributed by atoms with Crippen LogP contribution in [0.1, 0.15) is 27.7 Å². The summed E-state index contributed by atoms with van der Waals surface area (Å²) in [6, 6.07) is 3.40. The van der Waals surface area contributed by atoms with Gasteiger partial charge < -0.3 is 19.8 Å². The molecule has 4 rings (SSSR count). The second kappa shape index (κ2) is 4.83. The minimum atomic E-state index is -0.507. The molecule has 1 aromatic rings. The van der Waals surface area contributed by atoms with Gasteiger partial charge in [-0.15, -0.1) is 0 Å². The number of nitrogens with zero attached hydrogens (tertiary/aromatic N) is 4. The van der Waals surface area contributed by atoms with Gasteiger partial charge >= 0.3 is 11.9 Å². The molecule has 0 N–H and O–H groups in total. The number of hydrogen-bond donors (Lipinski definition) is 0. The van der Waals surface area contributed by atoms with Gasteiger partial charge in [0.25, 0.3) is 0 Å². The number of carbonyl (C=O) groups excluding carboxylic acids is 1. The Hall–Kier alpha value is -2.38. The largest absolute Gasteiger partial charge is 0.444 e. The van der Waals surface area contributed by atoms with Crippen molar-refractivity contribution in [1.29, 1.82) is 0 Å². The van der Waals surface area contributed by atoms with E-state index in [0.29, 0.717) is 18.4 Å². The molecule has 1 aliphatic carbocycles. The van der Waals surface area contributed by atoms with E-state index in [0.717, 1.165) is 12.2 Å². The fraction of sp³-hybridized carbons (Fsp3) is 0.647. The van der Waals surface area contributed by atoms with E-state index in [2.05, 4.69) is 16.8 Å². The molecule has 1 aromatic heterocycles. The van der Waals surface area contributed by atoms with Crippen LogP contribution in [0.4, 0.5) is 16.3 Å². The Labute approximate surface area is 145 Å². The molecule has 3 fully saturated rings. The molecule has 1 amide bonds. The van der Waals surface area contributed by atoms with Crippen LogP contribution in [-0.2, 0) is 4.74 Å². The first-order chi connectivity index (χ1) is 11.7. The SMILES string of the molecule is C[C@H]1C2CN(c3ccc([N+](=O)[O-])nc3)C3CN(C(=O)OC(C)(C)C)C231. The molecular weight excluding hydrogens is 324 g/mol. The van der Waals surface area contributed by atoms with Crippen LogP contribution in [0.25, 0.3) is 0 Å². The predicted molar refractivity (Wildman–Crippen MR) is 90.4 cm³/mol. The third-order valence-corrected chi connectivity index (χ3v) is 5.81. The van der Waals surface area contributed by atoms with Gasteiger partial charge in [-0.2, -0.15) is 0 Å². The smallest absolute Gasteiger partial charge is 0.410 e. The molecule has 1 saturated carbocycles. The number of piperidine rings is 1. The maximum Gasteiger partial charge on any atom is 0.410 e. The minimum Gasteiger partial charge on any atom is -0.444 e. The number of anilines is 1. The van der Waals surface area contributed by atoms with E-state index in [1.165, 1.54) is 6.07 Å². The Kier molecular flexibility index (Phi) is 3.11. The maximum atomic E-state index is 12.5. The number of carbonyl (C=O) groups is 1. The average molecular weight is 346 g/mol. The Morgan fingerprint density at radius 2 is 2.12 bits per heavy atom. The highest BCUT2D eigenvalue weighted by atomic mass is 16.6. The molecule has 0 bridgehead atoms. The summed E-state index contributed by atoms with van der Waals surface area (Å²) in [5.41, 5.74) is 0.218. The van der Waals surface area contributed by atoms with Crippen molar-refractivity contribution in [2.75, 3.05) is 18.0 Å². The van der Waals surface area contributed by atoms with E-state index in [1.54, 1.807) is 12.3 Å². The van der Waals surface area contributed by atoms with Crippen molar-refractivity contribution >= 4 is 17.6 Å². The summed E-state index contributed by atoms with van der Waals surface area (Å²) in [5, 5.41) is 10.8. The fourth-order valence-corrected chi connectivity index (χ4v) is 4.68. The van der Waals surface area contributed by atoms with Gasteiger partial charge in [0, 0.05) is 25.1 Å². The lowest BCUT2D eigenvalue weighted by Gasteiger charge is -2.51. The number of pyridine rings is 1. The standard InChI is InChI=1S/C17H22N4O4/c1-10-12-8-19(11-5-6-14(18-7-11)21(23)24)13-9-20(17(10,12)13)15(22)25-16(2,3)4/h5-7,10,12-13H,8-9H2,1-4H3/t10-,12?,13?,17?/m0/s1. The van der Waals surface area contributed by atoms with Crippen molar-refractivity contribution in [1.82, 2.24) is 9.88 Å². The Morgan fingerprint density at radius 3 is 2.68 bits per heavy atom. The number of likely N-dealkylation sites (tertiary alicyclic amines) is 1. The van der Waals surface area contributed by atoms with Crippen LogP contribution in [0.2, 0.25) is 0 Å². The molecule has 25 heavy (non-hydrogen) atoms. The van der Waals surface area contributed by atoms with Gasteiger partial charge in [0.1, 0.15) is 5.60 Å². The molecule has 8 heteroatoms. The van der Waals surface area contributed by atoms with Gasteiger partial charge in [0.15, 0.2) is 6.20 Å². The molecular formula is C17H22N4O4. The van der Waals surface area contributed by atoms with Crippen LogP contribution in [0.3, 0.4) is 0 Å². The third-order valence-electron chi connectivity index (χ3n) is 5.81. The van der Waals surface area contributed by atoms with Crippen molar-refractivity contribution < 1.29 is 14.5 Å². The number of hydrogen-bond acceptors (Lipinski definition) is 6. The summed E-state index contributed by atoms with van der Waals surface area (Å²) in [5.74, 6) is 0.704. The number of rotatable bonds is 2. The van der Waals surface area contributed by atoms with Crippen molar-refractivity contribution in [2.24, 2.45) is 11.8 Å². The van der Waals surface area contributed by atoms with Crippen molar-refractivity contribution in [3.05, 3.63) is 28.4 Å². The molecule has 3 aliphatic rings. The zero-order valence-corrected chi connectivity index (χ0v) is 14.8. The van der Waals surface area contributed by atoms with Gasteiger partial charge in [0.05, 0.1) is 17.3 Å². The van der Waals surface area contributed by atoms with Crippen molar-refractivity contribution in [3.63, 3.8) is 0 Å². The normalized spacial score (nSPS) is 32.6. The highest BCUT2D eigenvalue weighted by Gasteiger charge is 2.81. The third kappa shape index (κ3) is 2.12. The lowest BCUT2D eigenvalue weighted by molar-refractivity contribution is -0.389. The summed E-state index contributed by atoms with van der Waals surface area (Å²) >= 11 is 0. The number of amides is 1. The summed E-state index contributed by atoms with van der Waals surface area (Å²) in [4.78, 5) is 30.8. The van der Waals surface area contributed by atoms with Crippen LogP contribution in [0.5, 0.6) is 0 Å². The lowest BCUT2D eigenvalue weighted by Crippen LogP contribution is -2.69. The second-order valence-electron chi connectivity index (χ2n) is 8.17. The molecule has 134 valence electrons. The van der Waals surface area contributed by atoms with Gasteiger partial charge in [-0.25, -0.2) is 4.79 Å². The quantitative estimate of drug-likeness (QED) is 0.603. The van der Waals surface area contributed by atoms with Gasteiger partial charge in [-0.3, -0.25) is 4.90 Å². The Bertz CT molecular complexity index is 744. The zero-order chi connectivity index (χ0) is 18.1. The van der Waals surface area contributed by atoms with Crippen molar-refractivity contribution in [3.8, 4) is 0 Å². The highest BCUT2D eigenvalue weighted by Crippen LogP contribution is 2.67. The lowest BCUT2D eigenvalue weighted by atomic mass is 9.91. The first-order valence-electron chi connectivity index (χ1n) is 8.54. The van der Waals surface area contributed by atoms with Crippen LogP contribution in [0, 0.1) is 22.0 Å². The van der Waals surface area contributed by atoms with E-state index in [-0.39, 0.29) is 23.5 Å². The van der Waals surface area contributed by atoms with Gasteiger partial charge in [0.2, 0.25) is 0 Å². The molecule has 3 unspecified atom stereocenters. The highest BCUT2D eigenvalue weighted by molar-refractivity contribution is 5.75. The zero-order valence-electron chi connectivity index (χ0n) is 14.8. The summed E-state index contributed by atoms with van der Waals surface area (Å²) < 4.78 is 5.55. The Balaban J connectivity index is 1.53. The topological polar surface area (TPSA) is 88.8 Å². The minimum absolute atomic E-state index is 0.149. The van der Waals surface area contributed by atoms with E-state index in [9.17, 15) is 14.9 Å². The second-order valence-corrected chi connectivity index (χ2v) is 8.17. The molecule has 2 saturated heterocycles. The summed E-state index contributed by atoms with van der Waals surface area (Å²) in [7, 11) is 0. The molecule has 3 heterocycles. The first-order valence-corrected chi connectivity index (χ1v) is 8.54. The maximum absolute atomic E-state index is 12.5. The molecule has 1 spiro atoms. The number of ether oxygens (including phenoxy) is 1. The van der Waals surface area contributed by atoms with E-state index in [1.807, 2.05) is 25.7 Å². The number of aromatic nitrogens is 1. The van der Waals surface area contributed by atoms with E-state index < -0.39 is 10.5 Å². The molecule has 2 aliphatic heterocycles. The predicted octanol–water partition coefficient (Wildman–Crippen LogP) is 2.43.